The van der Waals surface area contributed by atoms with E-state index in [1.54, 1.807) is 12.1 Å². The van der Waals surface area contributed by atoms with E-state index in [-0.39, 0.29) is 41.9 Å². The Labute approximate surface area is 257 Å². The highest BCUT2D eigenvalue weighted by molar-refractivity contribution is 7.93. The number of aryl methyl sites for hydroxylation is 1. The van der Waals surface area contributed by atoms with Crippen LogP contribution in [0.3, 0.4) is 0 Å². The van der Waals surface area contributed by atoms with Gasteiger partial charge in [0, 0.05) is 15.7 Å². The minimum absolute atomic E-state index is 0.0169. The Morgan fingerprint density at radius 2 is 1.32 bits per heavy atom. The third-order valence-corrected chi connectivity index (χ3v) is 9.95. The topological polar surface area (TPSA) is 113 Å². The molecule has 2 N–H and O–H groups in total. The van der Waals surface area contributed by atoms with Gasteiger partial charge in [-0.3, -0.25) is 13.8 Å². The van der Waals surface area contributed by atoms with Gasteiger partial charge in [-0.1, -0.05) is 64.1 Å². The van der Waals surface area contributed by atoms with Crippen LogP contribution in [0.15, 0.2) is 94.7 Å². The minimum Gasteiger partial charge on any atom is -0.325 e. The van der Waals surface area contributed by atoms with E-state index in [0.29, 0.717) is 5.02 Å². The van der Waals surface area contributed by atoms with Gasteiger partial charge in [-0.25, -0.2) is 16.8 Å². The summed E-state index contributed by atoms with van der Waals surface area (Å²) in [6.45, 7) is 1.17. The fraction of sp³-hybridized carbons (Fsp3) is 0.0741. The van der Waals surface area contributed by atoms with E-state index in [1.807, 2.05) is 6.92 Å². The predicted molar refractivity (Wildman–Crippen MR) is 165 cm³/mol. The van der Waals surface area contributed by atoms with Crippen LogP contribution >= 0.6 is 46.4 Å². The van der Waals surface area contributed by atoms with Gasteiger partial charge < -0.3 is 5.32 Å². The summed E-state index contributed by atoms with van der Waals surface area (Å²) in [5.41, 5.74) is 1.24. The normalized spacial score (nSPS) is 11.6. The van der Waals surface area contributed by atoms with Crippen molar-refractivity contribution in [2.75, 3.05) is 20.9 Å². The molecule has 0 saturated heterocycles. The number of benzene rings is 4. The number of sulfonamides is 2. The van der Waals surface area contributed by atoms with E-state index in [4.69, 9.17) is 46.4 Å². The average molecular weight is 673 g/mol. The number of halogens is 4. The van der Waals surface area contributed by atoms with Crippen LogP contribution in [0.25, 0.3) is 0 Å². The fourth-order valence-corrected chi connectivity index (χ4v) is 7.10. The lowest BCUT2D eigenvalue weighted by atomic mass is 10.2. The van der Waals surface area contributed by atoms with Crippen LogP contribution in [0.4, 0.5) is 17.1 Å². The highest BCUT2D eigenvalue weighted by Crippen LogP contribution is 2.33. The molecule has 14 heteroatoms. The molecule has 0 heterocycles. The third kappa shape index (κ3) is 7.45. The Balaban J connectivity index is 1.56. The monoisotopic (exact) mass is 671 g/mol. The Bertz CT molecular complexity index is 1820. The maximum absolute atomic E-state index is 13.6. The van der Waals surface area contributed by atoms with Gasteiger partial charge in [-0.15, -0.1) is 0 Å². The van der Waals surface area contributed by atoms with Crippen LogP contribution < -0.4 is 14.3 Å². The van der Waals surface area contributed by atoms with Gasteiger partial charge in [0.1, 0.15) is 6.54 Å². The molecule has 1 amide bonds. The average Bonchev–Trinajstić information content (AvgIpc) is 2.91. The first-order valence-corrected chi connectivity index (χ1v) is 16.1. The molecule has 4 rings (SSSR count). The summed E-state index contributed by atoms with van der Waals surface area (Å²) >= 11 is 24.4. The number of amides is 1. The number of nitrogens with one attached hydrogen (secondary N) is 2. The van der Waals surface area contributed by atoms with Gasteiger partial charge in [0.25, 0.3) is 20.0 Å². The molecule has 41 heavy (non-hydrogen) atoms. The molecule has 8 nitrogen and oxygen atoms in total. The second kappa shape index (κ2) is 12.5. The van der Waals surface area contributed by atoms with Crippen LogP contribution in [0.1, 0.15) is 5.56 Å². The van der Waals surface area contributed by atoms with Crippen molar-refractivity contribution in [3.05, 3.63) is 111 Å². The van der Waals surface area contributed by atoms with E-state index < -0.39 is 32.5 Å². The van der Waals surface area contributed by atoms with Gasteiger partial charge in [0.05, 0.1) is 31.2 Å². The number of anilines is 3. The predicted octanol–water partition coefficient (Wildman–Crippen LogP) is 7.24. The Morgan fingerprint density at radius 3 is 1.95 bits per heavy atom. The second-order valence-electron chi connectivity index (χ2n) is 8.72. The highest BCUT2D eigenvalue weighted by Gasteiger charge is 2.29. The van der Waals surface area contributed by atoms with Crippen molar-refractivity contribution in [2.24, 2.45) is 0 Å². The highest BCUT2D eigenvalue weighted by atomic mass is 35.5. The number of nitrogens with zero attached hydrogens (tertiary/aromatic N) is 1. The van der Waals surface area contributed by atoms with Crippen LogP contribution in [0.5, 0.6) is 0 Å². The van der Waals surface area contributed by atoms with Crippen molar-refractivity contribution in [3.63, 3.8) is 0 Å². The minimum atomic E-state index is -4.24. The van der Waals surface area contributed by atoms with E-state index in [0.717, 1.165) is 9.87 Å². The Morgan fingerprint density at radius 1 is 0.732 bits per heavy atom. The fourth-order valence-electron chi connectivity index (χ4n) is 3.64. The molecule has 0 spiro atoms. The van der Waals surface area contributed by atoms with Crippen LogP contribution in [0.2, 0.25) is 20.1 Å². The quantitative estimate of drug-likeness (QED) is 0.195. The zero-order chi connectivity index (χ0) is 29.9. The van der Waals surface area contributed by atoms with Gasteiger partial charge >= 0.3 is 0 Å². The van der Waals surface area contributed by atoms with Crippen LogP contribution in [-0.4, -0.2) is 29.3 Å². The lowest BCUT2D eigenvalue weighted by Crippen LogP contribution is -2.38. The maximum atomic E-state index is 13.6. The number of rotatable bonds is 9. The molecular formula is C27H21Cl4N3O5S2. The van der Waals surface area contributed by atoms with Gasteiger partial charge in [0.2, 0.25) is 5.91 Å². The number of carbonyl (C=O) groups excluding carboxylic acids is 1. The first-order chi connectivity index (χ1) is 19.3. The SMILES string of the molecule is Cc1ccc(S(=O)(=O)N(CC(=O)Nc2ccc(S(=O)(=O)Nc3ccc(Cl)cc3Cl)cc2)c2cc(Cl)ccc2Cl)cc1. The van der Waals surface area contributed by atoms with Crippen molar-refractivity contribution in [1.29, 1.82) is 0 Å². The zero-order valence-corrected chi connectivity index (χ0v) is 25.8. The Kier molecular flexibility index (Phi) is 9.42. The maximum Gasteiger partial charge on any atom is 0.264 e. The number of hydrogen-bond donors (Lipinski definition) is 2. The molecule has 214 valence electrons. The summed E-state index contributed by atoms with van der Waals surface area (Å²) in [5, 5.41) is 3.34. The summed E-state index contributed by atoms with van der Waals surface area (Å²) in [5.74, 6) is -0.710. The number of carbonyl (C=O) groups is 1. The summed E-state index contributed by atoms with van der Waals surface area (Å²) in [4.78, 5) is 12.9. The van der Waals surface area contributed by atoms with E-state index in [1.165, 1.54) is 72.8 Å². The smallest absolute Gasteiger partial charge is 0.264 e. The zero-order valence-electron chi connectivity index (χ0n) is 21.1. The third-order valence-electron chi connectivity index (χ3n) is 5.70. The van der Waals surface area contributed by atoms with Crippen molar-refractivity contribution in [2.45, 2.75) is 16.7 Å². The molecule has 0 fully saturated rings. The molecule has 0 unspecified atom stereocenters. The van der Waals surface area contributed by atoms with Crippen molar-refractivity contribution in [3.8, 4) is 0 Å². The van der Waals surface area contributed by atoms with Crippen LogP contribution in [-0.2, 0) is 24.8 Å². The van der Waals surface area contributed by atoms with E-state index in [9.17, 15) is 21.6 Å². The molecule has 0 radical (unpaired) electrons. The van der Waals surface area contributed by atoms with Gasteiger partial charge in [0.15, 0.2) is 0 Å². The molecule has 4 aromatic rings. The summed E-state index contributed by atoms with van der Waals surface area (Å²) in [7, 11) is -8.25. The number of hydrogen-bond acceptors (Lipinski definition) is 5. The van der Waals surface area contributed by atoms with E-state index in [2.05, 4.69) is 10.0 Å². The molecule has 0 aliphatic heterocycles. The Hall–Kier alpha value is -2.99. The molecule has 0 bridgehead atoms. The summed E-state index contributed by atoms with van der Waals surface area (Å²) in [6, 6.07) is 20.0. The molecule has 0 aliphatic carbocycles. The molecule has 0 atom stereocenters. The molecule has 0 aliphatic rings. The lowest BCUT2D eigenvalue weighted by Gasteiger charge is -2.25. The molecular weight excluding hydrogens is 652 g/mol. The molecule has 0 saturated carbocycles. The first-order valence-electron chi connectivity index (χ1n) is 11.7. The summed E-state index contributed by atoms with van der Waals surface area (Å²) in [6.07, 6.45) is 0. The second-order valence-corrected chi connectivity index (χ2v) is 14.0. The lowest BCUT2D eigenvalue weighted by molar-refractivity contribution is -0.114. The van der Waals surface area contributed by atoms with Crippen molar-refractivity contribution >= 4 is 89.4 Å². The van der Waals surface area contributed by atoms with E-state index >= 15 is 0 Å². The largest absolute Gasteiger partial charge is 0.325 e. The van der Waals surface area contributed by atoms with Gasteiger partial charge in [-0.2, -0.15) is 0 Å². The molecule has 0 aromatic heterocycles. The standard InChI is InChI=1S/C27H21Cl4N3O5S2/c1-17-2-8-22(9-3-17)41(38,39)34(26-15-19(29)4-12-23(26)30)16-27(35)32-20-6-10-21(11-7-20)40(36,37)33-25-13-5-18(28)14-24(25)31/h2-15,33H,16H2,1H3,(H,32,35). The summed E-state index contributed by atoms with van der Waals surface area (Å²) < 4.78 is 56.1. The molecule has 4 aromatic carbocycles. The first kappa shape index (κ1) is 31.0. The van der Waals surface area contributed by atoms with Crippen LogP contribution in [0, 0.1) is 6.92 Å². The van der Waals surface area contributed by atoms with Gasteiger partial charge in [-0.05, 0) is 79.7 Å². The van der Waals surface area contributed by atoms with Crippen molar-refractivity contribution in [1.82, 2.24) is 0 Å². The van der Waals surface area contributed by atoms with Crippen molar-refractivity contribution < 1.29 is 21.6 Å².